The van der Waals surface area contributed by atoms with Crippen LogP contribution in [0.15, 0.2) is 55.2 Å². The molecule has 4 aromatic heterocycles. The van der Waals surface area contributed by atoms with Gasteiger partial charge in [0.05, 0.1) is 16.9 Å². The molecule has 1 amide bonds. The van der Waals surface area contributed by atoms with Gasteiger partial charge < -0.3 is 4.74 Å². The number of aromatic nitrogens is 6. The Bertz CT molecular complexity index is 1080. The van der Waals surface area contributed by atoms with E-state index in [0.717, 1.165) is 11.3 Å². The van der Waals surface area contributed by atoms with Gasteiger partial charge in [0.1, 0.15) is 24.4 Å². The molecule has 4 aromatic rings. The Hall–Kier alpha value is -3.37. The minimum atomic E-state index is -0.384. The third-order valence-corrected chi connectivity index (χ3v) is 4.50. The average molecular weight is 414 g/mol. The molecule has 0 aliphatic rings. The third-order valence-electron chi connectivity index (χ3n) is 3.53. The lowest BCUT2D eigenvalue weighted by Crippen LogP contribution is -2.16. The first kappa shape index (κ1) is 18.0. The number of nitrogens with one attached hydrogen (secondary N) is 1. The molecule has 140 valence electrons. The van der Waals surface area contributed by atoms with E-state index in [1.165, 1.54) is 18.7 Å². The summed E-state index contributed by atoms with van der Waals surface area (Å²) < 4.78 is 7.12. The molecule has 0 aromatic carbocycles. The zero-order valence-corrected chi connectivity index (χ0v) is 15.8. The van der Waals surface area contributed by atoms with Crippen LogP contribution in [0.2, 0.25) is 5.02 Å². The number of pyridine rings is 2. The minimum absolute atomic E-state index is 0.214. The molecular formula is C17H12ClN7O2S. The van der Waals surface area contributed by atoms with E-state index in [1.807, 2.05) is 6.07 Å². The third kappa shape index (κ3) is 4.13. The smallest absolute Gasteiger partial charge is 0.296 e. The largest absolute Gasteiger partial charge is 0.462 e. The molecule has 28 heavy (non-hydrogen) atoms. The van der Waals surface area contributed by atoms with Crippen LogP contribution in [0.4, 0.5) is 5.13 Å². The highest BCUT2D eigenvalue weighted by molar-refractivity contribution is 7.17. The van der Waals surface area contributed by atoms with E-state index in [9.17, 15) is 4.79 Å². The number of carbonyl (C=O) groups is 1. The van der Waals surface area contributed by atoms with Crippen molar-refractivity contribution in [2.24, 2.45) is 0 Å². The second kappa shape index (κ2) is 8.11. The number of anilines is 1. The standard InChI is InChI=1S/C17H12ClN7O2S/c18-11-4-5-12(21-7-11)9-27-17-24-23-16(28-17)22-15(26)13-8-19-10-25(13)14-3-1-2-6-20-14/h1-8,10H,9H2,(H,22,23,26). The molecule has 1 N–H and O–H groups in total. The number of amides is 1. The predicted molar refractivity (Wildman–Crippen MR) is 103 cm³/mol. The van der Waals surface area contributed by atoms with Gasteiger partial charge in [0, 0.05) is 12.4 Å². The zero-order valence-electron chi connectivity index (χ0n) is 14.2. The average Bonchev–Trinajstić information content (AvgIpc) is 3.38. The molecular weight excluding hydrogens is 402 g/mol. The van der Waals surface area contributed by atoms with E-state index in [-0.39, 0.29) is 12.5 Å². The Morgan fingerprint density at radius 2 is 2.11 bits per heavy atom. The highest BCUT2D eigenvalue weighted by Crippen LogP contribution is 2.24. The Morgan fingerprint density at radius 3 is 2.89 bits per heavy atom. The lowest BCUT2D eigenvalue weighted by atomic mass is 10.4. The van der Waals surface area contributed by atoms with Gasteiger partial charge in [-0.3, -0.25) is 19.7 Å². The molecule has 0 fully saturated rings. The summed E-state index contributed by atoms with van der Waals surface area (Å²) in [7, 11) is 0. The summed E-state index contributed by atoms with van der Waals surface area (Å²) in [5.74, 6) is 0.201. The van der Waals surface area contributed by atoms with Crippen LogP contribution in [0, 0.1) is 0 Å². The monoisotopic (exact) mass is 413 g/mol. The van der Waals surface area contributed by atoms with E-state index >= 15 is 0 Å². The van der Waals surface area contributed by atoms with E-state index in [1.54, 1.807) is 35.0 Å². The summed E-state index contributed by atoms with van der Waals surface area (Å²) in [6.45, 7) is 0.214. The number of hydrogen-bond acceptors (Lipinski definition) is 8. The predicted octanol–water partition coefficient (Wildman–Crippen LogP) is 3.00. The molecule has 0 aliphatic heterocycles. The van der Waals surface area contributed by atoms with Crippen molar-refractivity contribution in [2.45, 2.75) is 6.61 Å². The highest BCUT2D eigenvalue weighted by Gasteiger charge is 2.16. The summed E-state index contributed by atoms with van der Waals surface area (Å²) in [5, 5.41) is 11.7. The van der Waals surface area contributed by atoms with Gasteiger partial charge in [0.25, 0.3) is 11.1 Å². The van der Waals surface area contributed by atoms with Crippen LogP contribution >= 0.6 is 22.9 Å². The molecule has 0 spiro atoms. The SMILES string of the molecule is O=C(Nc1nnc(OCc2ccc(Cl)cn2)s1)c1cncn1-c1ccccn1. The number of carbonyl (C=O) groups excluding carboxylic acids is 1. The molecule has 11 heteroatoms. The Labute approximate surface area is 168 Å². The van der Waals surface area contributed by atoms with Crippen LogP contribution in [-0.4, -0.2) is 35.6 Å². The summed E-state index contributed by atoms with van der Waals surface area (Å²) in [6.07, 6.45) is 6.15. The second-order valence-corrected chi connectivity index (χ2v) is 6.80. The van der Waals surface area contributed by atoms with Crippen LogP contribution < -0.4 is 10.1 Å². The quantitative estimate of drug-likeness (QED) is 0.517. The van der Waals surface area contributed by atoms with E-state index in [2.05, 4.69) is 30.5 Å². The molecule has 4 heterocycles. The van der Waals surface area contributed by atoms with Crippen molar-refractivity contribution in [1.29, 1.82) is 0 Å². The molecule has 0 saturated carbocycles. The second-order valence-electron chi connectivity index (χ2n) is 5.42. The normalized spacial score (nSPS) is 10.6. The van der Waals surface area contributed by atoms with Gasteiger partial charge in [-0.25, -0.2) is 9.97 Å². The van der Waals surface area contributed by atoms with Crippen LogP contribution in [-0.2, 0) is 6.61 Å². The van der Waals surface area contributed by atoms with Crippen LogP contribution in [0.5, 0.6) is 5.19 Å². The van der Waals surface area contributed by atoms with Gasteiger partial charge >= 0.3 is 0 Å². The van der Waals surface area contributed by atoms with E-state index < -0.39 is 0 Å². The Kier molecular flexibility index (Phi) is 5.22. The fourth-order valence-electron chi connectivity index (χ4n) is 2.25. The lowest BCUT2D eigenvalue weighted by Gasteiger charge is -2.05. The summed E-state index contributed by atoms with van der Waals surface area (Å²) in [5.41, 5.74) is 1.02. The topological polar surface area (TPSA) is 108 Å². The molecule has 0 radical (unpaired) electrons. The molecule has 0 bridgehead atoms. The number of halogens is 1. The maximum absolute atomic E-state index is 12.6. The first-order valence-electron chi connectivity index (χ1n) is 8.01. The summed E-state index contributed by atoms with van der Waals surface area (Å²) in [6, 6.07) is 8.88. The Morgan fingerprint density at radius 1 is 1.18 bits per heavy atom. The van der Waals surface area contributed by atoms with Gasteiger partial charge in [-0.15, -0.1) is 5.10 Å². The maximum atomic E-state index is 12.6. The molecule has 4 rings (SSSR count). The van der Waals surface area contributed by atoms with Crippen molar-refractivity contribution in [3.8, 4) is 11.0 Å². The molecule has 9 nitrogen and oxygen atoms in total. The zero-order chi connectivity index (χ0) is 19.3. The van der Waals surface area contributed by atoms with Gasteiger partial charge in [-0.05, 0) is 35.6 Å². The van der Waals surface area contributed by atoms with Crippen molar-refractivity contribution in [1.82, 2.24) is 29.7 Å². The number of imidazole rings is 1. The van der Waals surface area contributed by atoms with Crippen LogP contribution in [0.25, 0.3) is 5.82 Å². The Balaban J connectivity index is 1.41. The van der Waals surface area contributed by atoms with Crippen molar-refractivity contribution in [3.63, 3.8) is 0 Å². The van der Waals surface area contributed by atoms with E-state index in [4.69, 9.17) is 16.3 Å². The molecule has 0 aliphatic carbocycles. The first-order chi connectivity index (χ1) is 13.7. The van der Waals surface area contributed by atoms with Gasteiger partial charge in [0.15, 0.2) is 0 Å². The first-order valence-corrected chi connectivity index (χ1v) is 9.20. The summed E-state index contributed by atoms with van der Waals surface area (Å²) in [4.78, 5) is 24.9. The number of nitrogens with zero attached hydrogens (tertiary/aromatic N) is 6. The minimum Gasteiger partial charge on any atom is -0.462 e. The fraction of sp³-hybridized carbons (Fsp3) is 0.0588. The maximum Gasteiger partial charge on any atom is 0.296 e. The van der Waals surface area contributed by atoms with Gasteiger partial charge in [-0.2, -0.15) is 0 Å². The highest BCUT2D eigenvalue weighted by atomic mass is 35.5. The number of hydrogen-bond donors (Lipinski definition) is 1. The van der Waals surface area contributed by atoms with Crippen molar-refractivity contribution >= 4 is 34.0 Å². The number of ether oxygens (including phenoxy) is 1. The van der Waals surface area contributed by atoms with Crippen LogP contribution in [0.3, 0.4) is 0 Å². The number of rotatable bonds is 6. The van der Waals surface area contributed by atoms with Gasteiger partial charge in [-0.1, -0.05) is 22.8 Å². The molecule has 0 unspecified atom stereocenters. The van der Waals surface area contributed by atoms with Crippen molar-refractivity contribution < 1.29 is 9.53 Å². The molecule has 0 atom stereocenters. The summed E-state index contributed by atoms with van der Waals surface area (Å²) >= 11 is 6.91. The van der Waals surface area contributed by atoms with Crippen LogP contribution in [0.1, 0.15) is 16.2 Å². The van der Waals surface area contributed by atoms with Crippen molar-refractivity contribution in [3.05, 3.63) is 71.7 Å². The molecule has 0 saturated heterocycles. The van der Waals surface area contributed by atoms with E-state index in [0.29, 0.717) is 32.6 Å². The van der Waals surface area contributed by atoms with Gasteiger partial charge in [0.2, 0.25) is 5.13 Å². The van der Waals surface area contributed by atoms with Crippen molar-refractivity contribution in [2.75, 3.05) is 5.32 Å². The lowest BCUT2D eigenvalue weighted by molar-refractivity contribution is 0.102. The fourth-order valence-corrected chi connectivity index (χ4v) is 2.95.